The maximum Gasteiger partial charge on any atom is 0.157 e. The molecule has 1 aliphatic carbocycles. The van der Waals surface area contributed by atoms with Crippen LogP contribution in [0.1, 0.15) is 30.0 Å². The molecule has 4 rings (SSSR count). The Balaban J connectivity index is 1.49. The zero-order valence-corrected chi connectivity index (χ0v) is 14.6. The van der Waals surface area contributed by atoms with Crippen LogP contribution in [-0.4, -0.2) is 15.2 Å². The first-order valence-electron chi connectivity index (χ1n) is 8.35. The van der Waals surface area contributed by atoms with Crippen LogP contribution in [0.15, 0.2) is 36.4 Å². The zero-order valence-electron chi connectivity index (χ0n) is 13.9. The van der Waals surface area contributed by atoms with Crippen LogP contribution in [0.25, 0.3) is 0 Å². The summed E-state index contributed by atoms with van der Waals surface area (Å²) in [6, 6.07) is 9.84. The largest absolute Gasteiger partial charge is 0.396 e. The van der Waals surface area contributed by atoms with E-state index in [1.165, 1.54) is 25.0 Å². The second kappa shape index (κ2) is 6.84. The van der Waals surface area contributed by atoms with Crippen LogP contribution in [0.3, 0.4) is 0 Å². The summed E-state index contributed by atoms with van der Waals surface area (Å²) in [5.74, 6) is 1.95. The molecule has 0 aliphatic heterocycles. The van der Waals surface area contributed by atoms with E-state index in [-0.39, 0.29) is 5.82 Å². The van der Waals surface area contributed by atoms with Gasteiger partial charge in [-0.25, -0.2) is 9.37 Å². The van der Waals surface area contributed by atoms with Gasteiger partial charge in [-0.15, -0.1) is 0 Å². The smallest absolute Gasteiger partial charge is 0.157 e. The van der Waals surface area contributed by atoms with Gasteiger partial charge in [0.2, 0.25) is 0 Å². The highest BCUT2D eigenvalue weighted by molar-refractivity contribution is 6.33. The van der Waals surface area contributed by atoms with Crippen molar-refractivity contribution in [3.05, 3.63) is 58.5 Å². The summed E-state index contributed by atoms with van der Waals surface area (Å²) in [5.41, 5.74) is 8.49. The predicted octanol–water partition coefficient (Wildman–Crippen LogP) is 4.41. The molecule has 1 aliphatic rings. The van der Waals surface area contributed by atoms with Crippen molar-refractivity contribution in [1.82, 2.24) is 15.2 Å². The minimum absolute atomic E-state index is 0.270. The second-order valence-electron chi connectivity index (χ2n) is 6.34. The molecule has 0 bridgehead atoms. The summed E-state index contributed by atoms with van der Waals surface area (Å²) in [5, 5.41) is 14.0. The number of nitrogens with zero attached hydrogens (tertiary/aromatic N) is 2. The SMILES string of the molecule is Nc1cc(Cl)c(NCc2ccc(F)cc2)nc1Nc1cc(C2CC2)[nH]n1. The van der Waals surface area contributed by atoms with E-state index in [0.29, 0.717) is 40.6 Å². The maximum absolute atomic E-state index is 13.0. The number of benzene rings is 1. The molecular formula is C18H18ClFN6. The van der Waals surface area contributed by atoms with E-state index in [1.807, 2.05) is 6.07 Å². The van der Waals surface area contributed by atoms with Gasteiger partial charge in [0.25, 0.3) is 0 Å². The number of aromatic nitrogens is 3. The molecule has 1 saturated carbocycles. The molecule has 2 heterocycles. The van der Waals surface area contributed by atoms with Crippen LogP contribution in [0, 0.1) is 5.82 Å². The van der Waals surface area contributed by atoms with Gasteiger partial charge in [-0.3, -0.25) is 5.10 Å². The molecule has 0 saturated heterocycles. The van der Waals surface area contributed by atoms with E-state index in [9.17, 15) is 4.39 Å². The van der Waals surface area contributed by atoms with Crippen LogP contribution in [-0.2, 0) is 6.54 Å². The number of rotatable bonds is 6. The number of pyridine rings is 1. The third-order valence-electron chi connectivity index (χ3n) is 4.24. The van der Waals surface area contributed by atoms with Crippen molar-refractivity contribution in [2.24, 2.45) is 0 Å². The molecule has 0 spiro atoms. The number of nitrogen functional groups attached to an aromatic ring is 1. The molecule has 134 valence electrons. The molecule has 0 radical (unpaired) electrons. The van der Waals surface area contributed by atoms with E-state index in [4.69, 9.17) is 17.3 Å². The average Bonchev–Trinajstić information content (AvgIpc) is 3.37. The Morgan fingerprint density at radius 1 is 1.19 bits per heavy atom. The molecule has 3 aromatic rings. The van der Waals surface area contributed by atoms with Gasteiger partial charge in [0.15, 0.2) is 11.6 Å². The number of nitrogens with two attached hydrogens (primary N) is 1. The maximum atomic E-state index is 13.0. The van der Waals surface area contributed by atoms with Crippen molar-refractivity contribution in [1.29, 1.82) is 0 Å². The molecule has 8 heteroatoms. The lowest BCUT2D eigenvalue weighted by molar-refractivity contribution is 0.627. The first kappa shape index (κ1) is 16.7. The van der Waals surface area contributed by atoms with Crippen molar-refractivity contribution < 1.29 is 4.39 Å². The summed E-state index contributed by atoms with van der Waals surface area (Å²) < 4.78 is 13.0. The number of halogens is 2. The third kappa shape index (κ3) is 3.72. The number of hydrogen-bond acceptors (Lipinski definition) is 5. The molecule has 2 aromatic heterocycles. The summed E-state index contributed by atoms with van der Waals surface area (Å²) >= 11 is 6.24. The number of anilines is 4. The minimum Gasteiger partial charge on any atom is -0.396 e. The predicted molar refractivity (Wildman–Crippen MR) is 101 cm³/mol. The fourth-order valence-electron chi connectivity index (χ4n) is 2.64. The highest BCUT2D eigenvalue weighted by Crippen LogP contribution is 2.40. The van der Waals surface area contributed by atoms with Crippen LogP contribution in [0.4, 0.5) is 27.5 Å². The second-order valence-corrected chi connectivity index (χ2v) is 6.75. The van der Waals surface area contributed by atoms with Gasteiger partial charge in [-0.1, -0.05) is 23.7 Å². The van der Waals surface area contributed by atoms with Crippen molar-refractivity contribution >= 4 is 34.7 Å². The van der Waals surface area contributed by atoms with Gasteiger partial charge < -0.3 is 16.4 Å². The number of nitrogens with one attached hydrogen (secondary N) is 3. The summed E-state index contributed by atoms with van der Waals surface area (Å²) in [4.78, 5) is 4.46. The first-order valence-corrected chi connectivity index (χ1v) is 8.73. The van der Waals surface area contributed by atoms with Gasteiger partial charge in [0, 0.05) is 24.2 Å². The Bertz CT molecular complexity index is 920. The lowest BCUT2D eigenvalue weighted by Crippen LogP contribution is -2.06. The van der Waals surface area contributed by atoms with Crippen LogP contribution in [0.5, 0.6) is 0 Å². The summed E-state index contributed by atoms with van der Waals surface area (Å²) in [6.07, 6.45) is 2.39. The quantitative estimate of drug-likeness (QED) is 0.514. The monoisotopic (exact) mass is 372 g/mol. The van der Waals surface area contributed by atoms with E-state index in [2.05, 4.69) is 25.8 Å². The first-order chi connectivity index (χ1) is 12.6. The van der Waals surface area contributed by atoms with Crippen LogP contribution >= 0.6 is 11.6 Å². The molecule has 26 heavy (non-hydrogen) atoms. The molecule has 1 fully saturated rings. The molecular weight excluding hydrogens is 355 g/mol. The third-order valence-corrected chi connectivity index (χ3v) is 4.53. The molecule has 0 atom stereocenters. The standard InChI is InChI=1S/C18H18ClFN6/c19-13-7-14(21)18(23-16-8-15(25-26-16)11-3-4-11)24-17(13)22-9-10-1-5-12(20)6-2-10/h1-2,5-8,11H,3-4,9,21H2,(H3,22,23,24,25,26). The Kier molecular flexibility index (Phi) is 4.38. The molecule has 1 aromatic carbocycles. The Labute approximate surface area is 155 Å². The lowest BCUT2D eigenvalue weighted by atomic mass is 10.2. The summed E-state index contributed by atoms with van der Waals surface area (Å²) in [6.45, 7) is 0.463. The van der Waals surface area contributed by atoms with Crippen molar-refractivity contribution in [2.45, 2.75) is 25.3 Å². The van der Waals surface area contributed by atoms with Crippen molar-refractivity contribution in [3.8, 4) is 0 Å². The normalized spacial score (nSPS) is 13.6. The Morgan fingerprint density at radius 3 is 2.69 bits per heavy atom. The van der Waals surface area contributed by atoms with Gasteiger partial charge in [0.05, 0.1) is 10.7 Å². The molecule has 0 amide bonds. The van der Waals surface area contributed by atoms with Crippen LogP contribution < -0.4 is 16.4 Å². The van der Waals surface area contributed by atoms with Crippen molar-refractivity contribution in [2.75, 3.05) is 16.4 Å². The van der Waals surface area contributed by atoms with Gasteiger partial charge in [0.1, 0.15) is 11.6 Å². The van der Waals surface area contributed by atoms with Gasteiger partial charge in [-0.2, -0.15) is 5.10 Å². The zero-order chi connectivity index (χ0) is 18.1. The van der Waals surface area contributed by atoms with Crippen molar-refractivity contribution in [3.63, 3.8) is 0 Å². The fourth-order valence-corrected chi connectivity index (χ4v) is 2.87. The van der Waals surface area contributed by atoms with Gasteiger partial charge in [-0.05, 0) is 36.6 Å². The minimum atomic E-state index is -0.270. The highest BCUT2D eigenvalue weighted by atomic mass is 35.5. The van der Waals surface area contributed by atoms with Gasteiger partial charge >= 0.3 is 0 Å². The lowest BCUT2D eigenvalue weighted by Gasteiger charge is -2.12. The van der Waals surface area contributed by atoms with Crippen LogP contribution in [0.2, 0.25) is 5.02 Å². The van der Waals surface area contributed by atoms with E-state index in [0.717, 1.165) is 11.3 Å². The average molecular weight is 373 g/mol. The molecule has 0 unspecified atom stereocenters. The number of aromatic amines is 1. The summed E-state index contributed by atoms with van der Waals surface area (Å²) in [7, 11) is 0. The number of hydrogen-bond donors (Lipinski definition) is 4. The number of H-pyrrole nitrogens is 1. The molecule has 6 nitrogen and oxygen atoms in total. The van der Waals surface area contributed by atoms with E-state index in [1.54, 1.807) is 18.2 Å². The Morgan fingerprint density at radius 2 is 1.96 bits per heavy atom. The van der Waals surface area contributed by atoms with E-state index < -0.39 is 0 Å². The Hall–Kier alpha value is -2.80. The molecule has 5 N–H and O–H groups in total. The fraction of sp³-hybridized carbons (Fsp3) is 0.222. The highest BCUT2D eigenvalue weighted by Gasteiger charge is 2.25. The topological polar surface area (TPSA) is 91.6 Å². The van der Waals surface area contributed by atoms with E-state index >= 15 is 0 Å².